The second-order valence-electron chi connectivity index (χ2n) is 5.86. The van der Waals surface area contributed by atoms with Crippen molar-refractivity contribution in [1.82, 2.24) is 15.6 Å². The van der Waals surface area contributed by atoms with Gasteiger partial charge in [0.05, 0.1) is 19.4 Å². The average Bonchev–Trinajstić information content (AvgIpc) is 2.66. The largest absolute Gasteiger partial charge is 0.379 e. The maximum atomic E-state index is 11.7. The lowest BCUT2D eigenvalue weighted by atomic mass is 10.1. The number of hydrogen-bond acceptors (Lipinski definition) is 5. The second-order valence-corrected chi connectivity index (χ2v) is 5.86. The van der Waals surface area contributed by atoms with Crippen LogP contribution < -0.4 is 10.7 Å². The summed E-state index contributed by atoms with van der Waals surface area (Å²) >= 11 is 0. The minimum atomic E-state index is -0.757. The summed E-state index contributed by atoms with van der Waals surface area (Å²) in [6.07, 6.45) is 3.29. The number of morpholine rings is 1. The zero-order valence-electron chi connectivity index (χ0n) is 14.7. The number of nitrogens with zero attached hydrogens (tertiary/aromatic N) is 2. The van der Waals surface area contributed by atoms with Crippen LogP contribution in [0.15, 0.2) is 29.4 Å². The van der Waals surface area contributed by atoms with Crippen LogP contribution in [0.25, 0.3) is 0 Å². The molecule has 1 fully saturated rings. The van der Waals surface area contributed by atoms with Crippen molar-refractivity contribution in [3.8, 4) is 0 Å². The molecule has 136 valence electrons. The van der Waals surface area contributed by atoms with E-state index >= 15 is 0 Å². The van der Waals surface area contributed by atoms with E-state index in [1.165, 1.54) is 11.8 Å². The lowest BCUT2D eigenvalue weighted by Crippen LogP contribution is -2.40. The van der Waals surface area contributed by atoms with E-state index in [0.717, 1.165) is 51.3 Å². The lowest BCUT2D eigenvalue weighted by Gasteiger charge is -2.26. The van der Waals surface area contributed by atoms with Crippen molar-refractivity contribution in [2.24, 2.45) is 5.10 Å². The van der Waals surface area contributed by atoms with Gasteiger partial charge >= 0.3 is 11.8 Å². The number of aryl methyl sites for hydroxylation is 1. The van der Waals surface area contributed by atoms with Crippen LogP contribution in [0, 0.1) is 0 Å². The first-order valence-corrected chi connectivity index (χ1v) is 8.69. The first kappa shape index (κ1) is 19.1. The van der Waals surface area contributed by atoms with Crippen molar-refractivity contribution in [3.05, 3.63) is 35.4 Å². The van der Waals surface area contributed by atoms with Crippen molar-refractivity contribution >= 4 is 18.0 Å². The van der Waals surface area contributed by atoms with E-state index < -0.39 is 11.8 Å². The number of amides is 2. The van der Waals surface area contributed by atoms with Gasteiger partial charge in [-0.1, -0.05) is 31.2 Å². The predicted octanol–water partition coefficient (Wildman–Crippen LogP) is 0.538. The standard InChI is InChI=1S/C18H26N4O3/c1-2-15-4-6-16(7-5-15)14-20-21-18(24)17(23)19-8-3-9-22-10-12-25-13-11-22/h4-7,14H,2-3,8-13H2,1H3,(H,19,23)(H,21,24). The topological polar surface area (TPSA) is 83.0 Å². The molecule has 0 spiro atoms. The van der Waals surface area contributed by atoms with Crippen LogP contribution >= 0.6 is 0 Å². The third-order valence-corrected chi connectivity index (χ3v) is 4.01. The zero-order valence-corrected chi connectivity index (χ0v) is 14.7. The highest BCUT2D eigenvalue weighted by Gasteiger charge is 2.13. The first-order chi connectivity index (χ1) is 12.2. The van der Waals surface area contributed by atoms with E-state index in [-0.39, 0.29) is 0 Å². The Morgan fingerprint density at radius 3 is 2.60 bits per heavy atom. The Morgan fingerprint density at radius 1 is 1.20 bits per heavy atom. The van der Waals surface area contributed by atoms with Gasteiger partial charge in [-0.25, -0.2) is 5.43 Å². The molecule has 1 heterocycles. The lowest BCUT2D eigenvalue weighted by molar-refractivity contribution is -0.139. The number of rotatable bonds is 7. The molecule has 1 aliphatic heterocycles. The molecule has 0 aromatic heterocycles. The highest BCUT2D eigenvalue weighted by Crippen LogP contribution is 2.02. The van der Waals surface area contributed by atoms with E-state index in [1.54, 1.807) is 0 Å². The minimum absolute atomic E-state index is 0.464. The van der Waals surface area contributed by atoms with Crippen molar-refractivity contribution in [1.29, 1.82) is 0 Å². The molecule has 0 aliphatic carbocycles. The summed E-state index contributed by atoms with van der Waals surface area (Å²) in [7, 11) is 0. The molecule has 7 heteroatoms. The number of hydrazone groups is 1. The van der Waals surface area contributed by atoms with Gasteiger partial charge < -0.3 is 10.1 Å². The number of benzene rings is 1. The van der Waals surface area contributed by atoms with Crippen LogP contribution in [-0.2, 0) is 20.7 Å². The summed E-state index contributed by atoms with van der Waals surface area (Å²) in [5.74, 6) is -1.42. The molecule has 1 saturated heterocycles. The molecular formula is C18H26N4O3. The van der Waals surface area contributed by atoms with Crippen LogP contribution in [0.4, 0.5) is 0 Å². The number of ether oxygens (including phenoxy) is 1. The van der Waals surface area contributed by atoms with Crippen LogP contribution in [-0.4, -0.2) is 62.3 Å². The number of carbonyl (C=O) groups excluding carboxylic acids is 2. The molecule has 7 nitrogen and oxygen atoms in total. The third kappa shape index (κ3) is 7.03. The van der Waals surface area contributed by atoms with E-state index in [1.807, 2.05) is 24.3 Å². The summed E-state index contributed by atoms with van der Waals surface area (Å²) in [6, 6.07) is 7.84. The molecule has 0 atom stereocenters. The fourth-order valence-electron chi connectivity index (χ4n) is 2.47. The third-order valence-electron chi connectivity index (χ3n) is 4.01. The Morgan fingerprint density at radius 2 is 1.92 bits per heavy atom. The van der Waals surface area contributed by atoms with E-state index in [0.29, 0.717) is 6.54 Å². The molecule has 0 bridgehead atoms. The fourth-order valence-corrected chi connectivity index (χ4v) is 2.47. The quantitative estimate of drug-likeness (QED) is 0.327. The van der Waals surface area contributed by atoms with Crippen molar-refractivity contribution < 1.29 is 14.3 Å². The number of carbonyl (C=O) groups is 2. The molecular weight excluding hydrogens is 320 g/mol. The van der Waals surface area contributed by atoms with Gasteiger partial charge in [-0.05, 0) is 30.5 Å². The molecule has 1 aromatic carbocycles. The van der Waals surface area contributed by atoms with E-state index in [9.17, 15) is 9.59 Å². The maximum absolute atomic E-state index is 11.7. The van der Waals surface area contributed by atoms with Crippen molar-refractivity contribution in [2.75, 3.05) is 39.4 Å². The second kappa shape index (κ2) is 10.6. The molecule has 1 aliphatic rings. The Hall–Kier alpha value is -2.25. The van der Waals surface area contributed by atoms with Crippen LogP contribution in [0.5, 0.6) is 0 Å². The Bertz CT molecular complexity index is 580. The Kier molecular flexibility index (Phi) is 8.08. The van der Waals surface area contributed by atoms with Gasteiger partial charge in [0, 0.05) is 19.6 Å². The normalized spacial score (nSPS) is 15.2. The van der Waals surface area contributed by atoms with Gasteiger partial charge in [-0.2, -0.15) is 5.10 Å². The highest BCUT2D eigenvalue weighted by molar-refractivity contribution is 6.35. The summed E-state index contributed by atoms with van der Waals surface area (Å²) in [4.78, 5) is 25.6. The van der Waals surface area contributed by atoms with Crippen LogP contribution in [0.2, 0.25) is 0 Å². The predicted molar refractivity (Wildman–Crippen MR) is 96.4 cm³/mol. The molecule has 2 amide bonds. The maximum Gasteiger partial charge on any atom is 0.329 e. The first-order valence-electron chi connectivity index (χ1n) is 8.69. The average molecular weight is 346 g/mol. The van der Waals surface area contributed by atoms with Gasteiger partial charge in [0.15, 0.2) is 0 Å². The molecule has 0 radical (unpaired) electrons. The van der Waals surface area contributed by atoms with Crippen LogP contribution in [0.3, 0.4) is 0 Å². The van der Waals surface area contributed by atoms with Crippen molar-refractivity contribution in [2.45, 2.75) is 19.8 Å². The van der Waals surface area contributed by atoms with Gasteiger partial charge in [-0.15, -0.1) is 0 Å². The van der Waals surface area contributed by atoms with Gasteiger partial charge in [0.1, 0.15) is 0 Å². The summed E-state index contributed by atoms with van der Waals surface area (Å²) < 4.78 is 5.28. The molecule has 0 saturated carbocycles. The Labute approximate surface area is 148 Å². The summed E-state index contributed by atoms with van der Waals surface area (Å²) in [6.45, 7) is 6.79. The molecule has 0 unspecified atom stereocenters. The molecule has 2 N–H and O–H groups in total. The van der Waals surface area contributed by atoms with Gasteiger partial charge in [0.2, 0.25) is 0 Å². The van der Waals surface area contributed by atoms with Crippen molar-refractivity contribution in [3.63, 3.8) is 0 Å². The van der Waals surface area contributed by atoms with Gasteiger partial charge in [-0.3, -0.25) is 14.5 Å². The summed E-state index contributed by atoms with van der Waals surface area (Å²) in [5.41, 5.74) is 4.34. The van der Waals surface area contributed by atoms with E-state index in [4.69, 9.17) is 4.74 Å². The fraction of sp³-hybridized carbons (Fsp3) is 0.500. The van der Waals surface area contributed by atoms with Gasteiger partial charge in [0.25, 0.3) is 0 Å². The Balaban J connectivity index is 1.62. The monoisotopic (exact) mass is 346 g/mol. The van der Waals surface area contributed by atoms with E-state index in [2.05, 4.69) is 27.7 Å². The molecule has 2 rings (SSSR count). The molecule has 1 aromatic rings. The SMILES string of the molecule is CCc1ccc(C=NNC(=O)C(=O)NCCCN2CCOCC2)cc1. The minimum Gasteiger partial charge on any atom is -0.379 e. The smallest absolute Gasteiger partial charge is 0.329 e. The highest BCUT2D eigenvalue weighted by atomic mass is 16.5. The zero-order chi connectivity index (χ0) is 17.9. The summed E-state index contributed by atoms with van der Waals surface area (Å²) in [5, 5.41) is 6.42. The molecule has 25 heavy (non-hydrogen) atoms. The van der Waals surface area contributed by atoms with Crippen LogP contribution in [0.1, 0.15) is 24.5 Å². The number of nitrogens with one attached hydrogen (secondary N) is 2. The number of hydrogen-bond donors (Lipinski definition) is 2.